The Morgan fingerprint density at radius 1 is 1.36 bits per heavy atom. The minimum absolute atomic E-state index is 0.249. The van der Waals surface area contributed by atoms with E-state index < -0.39 is 0 Å². The zero-order valence-corrected chi connectivity index (χ0v) is 13.2. The van der Waals surface area contributed by atoms with E-state index in [1.165, 1.54) is 0 Å². The summed E-state index contributed by atoms with van der Waals surface area (Å²) in [6.45, 7) is 3.73. The number of hydrogen-bond donors (Lipinski definition) is 2. The molecule has 2 heterocycles. The molecule has 1 fully saturated rings. The van der Waals surface area contributed by atoms with Gasteiger partial charge in [-0.15, -0.1) is 0 Å². The smallest absolute Gasteiger partial charge is 0.231 e. The van der Waals surface area contributed by atoms with Crippen molar-refractivity contribution in [1.29, 1.82) is 0 Å². The summed E-state index contributed by atoms with van der Waals surface area (Å²) in [6.07, 6.45) is 2.45. The van der Waals surface area contributed by atoms with Gasteiger partial charge in [-0.3, -0.25) is 5.43 Å². The van der Waals surface area contributed by atoms with Crippen molar-refractivity contribution in [1.82, 2.24) is 10.7 Å². The van der Waals surface area contributed by atoms with Crippen LogP contribution in [0.15, 0.2) is 23.3 Å². The van der Waals surface area contributed by atoms with Crippen LogP contribution in [0.3, 0.4) is 0 Å². The van der Waals surface area contributed by atoms with Crippen LogP contribution in [0, 0.1) is 0 Å². The topological polar surface area (TPSA) is 64.1 Å². The molecule has 1 atom stereocenters. The number of hydrazone groups is 1. The lowest BCUT2D eigenvalue weighted by molar-refractivity contribution is 0.114. The van der Waals surface area contributed by atoms with Crippen molar-refractivity contribution >= 4 is 23.0 Å². The van der Waals surface area contributed by atoms with Gasteiger partial charge in [0.1, 0.15) is 0 Å². The van der Waals surface area contributed by atoms with Crippen molar-refractivity contribution < 1.29 is 14.2 Å². The van der Waals surface area contributed by atoms with Gasteiger partial charge in [0, 0.05) is 18.7 Å². The number of benzene rings is 1. The molecule has 0 aromatic heterocycles. The molecule has 6 nitrogen and oxygen atoms in total. The highest BCUT2D eigenvalue weighted by Gasteiger charge is 2.15. The Labute approximate surface area is 134 Å². The van der Waals surface area contributed by atoms with Crippen LogP contribution < -0.4 is 20.2 Å². The molecule has 0 unspecified atom stereocenters. The fourth-order valence-corrected chi connectivity index (χ4v) is 2.50. The first kappa shape index (κ1) is 15.1. The number of nitrogens with zero attached hydrogens (tertiary/aromatic N) is 1. The molecular formula is C15H19N3O3S. The molecule has 2 N–H and O–H groups in total. The van der Waals surface area contributed by atoms with E-state index in [2.05, 4.69) is 15.8 Å². The van der Waals surface area contributed by atoms with Crippen LogP contribution in [0.2, 0.25) is 0 Å². The number of thiocarbonyl (C=S) groups is 1. The predicted molar refractivity (Wildman–Crippen MR) is 87.5 cm³/mol. The Morgan fingerprint density at radius 3 is 3.05 bits per heavy atom. The van der Waals surface area contributed by atoms with Crippen molar-refractivity contribution in [3.63, 3.8) is 0 Å². The van der Waals surface area contributed by atoms with E-state index in [4.69, 9.17) is 26.4 Å². The largest absolute Gasteiger partial charge is 0.454 e. The van der Waals surface area contributed by atoms with E-state index in [0.717, 1.165) is 42.2 Å². The fraction of sp³-hybridized carbons (Fsp3) is 0.467. The van der Waals surface area contributed by atoms with Crippen molar-refractivity contribution in [3.8, 4) is 11.5 Å². The Kier molecular flexibility index (Phi) is 4.74. The molecule has 2 aliphatic heterocycles. The lowest BCUT2D eigenvalue weighted by Crippen LogP contribution is -2.37. The first-order valence-corrected chi connectivity index (χ1v) is 7.73. The van der Waals surface area contributed by atoms with Crippen LogP contribution in [-0.2, 0) is 4.74 Å². The highest BCUT2D eigenvalue weighted by molar-refractivity contribution is 7.80. The van der Waals surface area contributed by atoms with Crippen LogP contribution in [-0.4, -0.2) is 36.9 Å². The van der Waals surface area contributed by atoms with Crippen molar-refractivity contribution in [2.24, 2.45) is 5.10 Å². The number of hydrogen-bond acceptors (Lipinski definition) is 5. The fourth-order valence-electron chi connectivity index (χ4n) is 2.37. The molecule has 1 aromatic rings. The third-order valence-electron chi connectivity index (χ3n) is 3.63. The molecule has 7 heteroatoms. The maximum absolute atomic E-state index is 5.53. The van der Waals surface area contributed by atoms with E-state index in [0.29, 0.717) is 11.7 Å². The Balaban J connectivity index is 1.51. The second-order valence-corrected chi connectivity index (χ2v) is 5.63. The zero-order chi connectivity index (χ0) is 15.4. The number of nitrogens with one attached hydrogen (secondary N) is 2. The standard InChI is InChI=1S/C15H19N3O3S/c1-10(11-4-5-13-14(7-11)21-9-20-13)17-18-15(22)16-8-12-3-2-6-19-12/h4-5,7,12H,2-3,6,8-9H2,1H3,(H2,16,18,22)/b17-10-/t12-/m0/s1. The van der Waals surface area contributed by atoms with Crippen LogP contribution >= 0.6 is 12.2 Å². The number of fused-ring (bicyclic) bond motifs is 1. The molecule has 0 spiro atoms. The zero-order valence-electron chi connectivity index (χ0n) is 12.4. The normalized spacial score (nSPS) is 20.0. The lowest BCUT2D eigenvalue weighted by atomic mass is 10.1. The maximum atomic E-state index is 5.53. The average molecular weight is 321 g/mol. The van der Waals surface area contributed by atoms with Gasteiger partial charge in [0.15, 0.2) is 16.6 Å². The van der Waals surface area contributed by atoms with Gasteiger partial charge in [-0.05, 0) is 50.2 Å². The Bertz CT molecular complexity index is 585. The van der Waals surface area contributed by atoms with E-state index >= 15 is 0 Å². The summed E-state index contributed by atoms with van der Waals surface area (Å²) in [7, 11) is 0. The van der Waals surface area contributed by atoms with E-state index in [-0.39, 0.29) is 12.9 Å². The van der Waals surface area contributed by atoms with Gasteiger partial charge in [0.05, 0.1) is 11.8 Å². The highest BCUT2D eigenvalue weighted by atomic mass is 32.1. The molecular weight excluding hydrogens is 302 g/mol. The average Bonchev–Trinajstić information content (AvgIpc) is 3.20. The van der Waals surface area contributed by atoms with Crippen LogP contribution in [0.1, 0.15) is 25.3 Å². The second-order valence-electron chi connectivity index (χ2n) is 5.22. The first-order valence-electron chi connectivity index (χ1n) is 7.32. The molecule has 0 amide bonds. The van der Waals surface area contributed by atoms with Crippen LogP contribution in [0.25, 0.3) is 0 Å². The van der Waals surface area contributed by atoms with Gasteiger partial charge in [0.25, 0.3) is 0 Å². The molecule has 118 valence electrons. The molecule has 0 aliphatic carbocycles. The van der Waals surface area contributed by atoms with E-state index in [1.54, 1.807) is 0 Å². The van der Waals surface area contributed by atoms with Gasteiger partial charge in [-0.2, -0.15) is 5.10 Å². The predicted octanol–water partition coefficient (Wildman–Crippen LogP) is 1.78. The van der Waals surface area contributed by atoms with Crippen molar-refractivity contribution in [2.45, 2.75) is 25.9 Å². The molecule has 22 heavy (non-hydrogen) atoms. The molecule has 1 aromatic carbocycles. The summed E-state index contributed by atoms with van der Waals surface area (Å²) in [5.74, 6) is 1.50. The Hall–Kier alpha value is -1.86. The minimum Gasteiger partial charge on any atom is -0.454 e. The molecule has 0 radical (unpaired) electrons. The van der Waals surface area contributed by atoms with Gasteiger partial charge in [-0.25, -0.2) is 0 Å². The third-order valence-corrected chi connectivity index (χ3v) is 3.87. The van der Waals surface area contributed by atoms with Crippen LogP contribution in [0.5, 0.6) is 11.5 Å². The minimum atomic E-state index is 0.249. The van der Waals surface area contributed by atoms with Gasteiger partial charge >= 0.3 is 0 Å². The summed E-state index contributed by atoms with van der Waals surface area (Å²) in [5, 5.41) is 7.90. The van der Waals surface area contributed by atoms with E-state index in [9.17, 15) is 0 Å². The Morgan fingerprint density at radius 2 is 2.23 bits per heavy atom. The second kappa shape index (κ2) is 6.93. The van der Waals surface area contributed by atoms with Crippen molar-refractivity contribution in [3.05, 3.63) is 23.8 Å². The first-order chi connectivity index (χ1) is 10.7. The van der Waals surface area contributed by atoms with E-state index in [1.807, 2.05) is 25.1 Å². The summed E-state index contributed by atoms with van der Waals surface area (Å²) >= 11 is 5.21. The molecule has 0 saturated carbocycles. The quantitative estimate of drug-likeness (QED) is 0.501. The molecule has 0 bridgehead atoms. The maximum Gasteiger partial charge on any atom is 0.231 e. The number of ether oxygens (including phenoxy) is 3. The lowest BCUT2D eigenvalue weighted by Gasteiger charge is -2.12. The van der Waals surface area contributed by atoms with Gasteiger partial charge < -0.3 is 19.5 Å². The number of rotatable bonds is 4. The summed E-state index contributed by atoms with van der Waals surface area (Å²) < 4.78 is 16.2. The highest BCUT2D eigenvalue weighted by Crippen LogP contribution is 2.32. The SMILES string of the molecule is C/C(=N/NC(=S)NC[C@@H]1CCCO1)c1ccc2c(c1)OCO2. The summed E-state index contributed by atoms with van der Waals surface area (Å²) in [5.41, 5.74) is 4.63. The molecule has 1 saturated heterocycles. The molecule has 3 rings (SSSR count). The van der Waals surface area contributed by atoms with Gasteiger partial charge in [0.2, 0.25) is 6.79 Å². The van der Waals surface area contributed by atoms with Gasteiger partial charge in [-0.1, -0.05) is 0 Å². The molecule has 2 aliphatic rings. The third kappa shape index (κ3) is 3.66. The van der Waals surface area contributed by atoms with Crippen molar-refractivity contribution in [2.75, 3.05) is 19.9 Å². The summed E-state index contributed by atoms with van der Waals surface area (Å²) in [6, 6.07) is 5.73. The monoisotopic (exact) mass is 321 g/mol. The van der Waals surface area contributed by atoms with Crippen LogP contribution in [0.4, 0.5) is 0 Å². The summed E-state index contributed by atoms with van der Waals surface area (Å²) in [4.78, 5) is 0.